The molecule has 2 heterocycles. The number of carbonyl (C=O) groups excluding carboxylic acids is 1. The molecule has 6 nitrogen and oxygen atoms in total. The zero-order valence-electron chi connectivity index (χ0n) is 13.0. The quantitative estimate of drug-likeness (QED) is 0.895. The average Bonchev–Trinajstić information content (AvgIpc) is 2.87. The number of benzene rings is 1. The summed E-state index contributed by atoms with van der Waals surface area (Å²) in [4.78, 5) is 16.4. The van der Waals surface area contributed by atoms with Crippen molar-refractivity contribution in [1.29, 1.82) is 0 Å². The van der Waals surface area contributed by atoms with Crippen LogP contribution in [0.25, 0.3) is 0 Å². The summed E-state index contributed by atoms with van der Waals surface area (Å²) < 4.78 is 0. The number of H-pyrrole nitrogens is 1. The second kappa shape index (κ2) is 6.09. The van der Waals surface area contributed by atoms with Gasteiger partial charge in [0.25, 0.3) is 0 Å². The zero-order chi connectivity index (χ0) is 15.5. The van der Waals surface area contributed by atoms with E-state index in [1.165, 1.54) is 5.69 Å². The molecule has 0 aliphatic carbocycles. The molecule has 0 spiro atoms. The molecule has 1 saturated heterocycles. The molecule has 0 saturated carbocycles. The number of hydrogen-bond donors (Lipinski definition) is 2. The number of urea groups is 1. The van der Waals surface area contributed by atoms with E-state index in [4.69, 9.17) is 0 Å². The van der Waals surface area contributed by atoms with Crippen molar-refractivity contribution in [2.75, 3.05) is 36.4 Å². The van der Waals surface area contributed by atoms with Crippen LogP contribution in [0, 0.1) is 13.8 Å². The van der Waals surface area contributed by atoms with Gasteiger partial charge in [0, 0.05) is 31.9 Å². The first kappa shape index (κ1) is 14.4. The molecule has 6 heteroatoms. The number of piperazine rings is 1. The van der Waals surface area contributed by atoms with Gasteiger partial charge in [0.2, 0.25) is 0 Å². The van der Waals surface area contributed by atoms with E-state index in [0.29, 0.717) is 13.1 Å². The number of aromatic nitrogens is 2. The van der Waals surface area contributed by atoms with E-state index < -0.39 is 0 Å². The molecule has 1 aliphatic heterocycles. The van der Waals surface area contributed by atoms with Gasteiger partial charge < -0.3 is 15.1 Å². The third kappa shape index (κ3) is 2.90. The van der Waals surface area contributed by atoms with Crippen molar-refractivity contribution >= 4 is 17.4 Å². The molecule has 0 atom stereocenters. The van der Waals surface area contributed by atoms with Crippen LogP contribution < -0.4 is 10.2 Å². The molecule has 0 bridgehead atoms. The van der Waals surface area contributed by atoms with E-state index in [0.717, 1.165) is 30.2 Å². The number of nitrogens with one attached hydrogen (secondary N) is 2. The largest absolute Gasteiger partial charge is 0.365 e. The first-order chi connectivity index (χ1) is 10.6. The number of rotatable bonds is 2. The second-order valence-corrected chi connectivity index (χ2v) is 5.55. The maximum Gasteiger partial charge on any atom is 0.321 e. The summed E-state index contributed by atoms with van der Waals surface area (Å²) in [5, 5.41) is 10.2. The highest BCUT2D eigenvalue weighted by atomic mass is 16.2. The van der Waals surface area contributed by atoms with Crippen LogP contribution in [0.1, 0.15) is 11.4 Å². The predicted octanol–water partition coefficient (Wildman–Crippen LogP) is 2.38. The highest BCUT2D eigenvalue weighted by Crippen LogP contribution is 2.23. The summed E-state index contributed by atoms with van der Waals surface area (Å²) in [6.45, 7) is 7.11. The number of aryl methyl sites for hydroxylation is 2. The summed E-state index contributed by atoms with van der Waals surface area (Å²) in [6.07, 6.45) is 0. The van der Waals surface area contributed by atoms with Gasteiger partial charge in [-0.1, -0.05) is 18.2 Å². The molecule has 1 aromatic carbocycles. The minimum absolute atomic E-state index is 0.0357. The standard InChI is InChI=1S/C16H21N5O/c1-12-15(13(2)19-18-12)20-8-10-21(11-9-20)16(22)17-14-6-4-3-5-7-14/h3-7H,8-11H2,1-2H3,(H,17,22)(H,18,19). The number of nitrogens with zero attached hydrogens (tertiary/aromatic N) is 3. The molecular weight excluding hydrogens is 278 g/mol. The fraction of sp³-hybridized carbons (Fsp3) is 0.375. The van der Waals surface area contributed by atoms with Crippen LogP contribution in [0.4, 0.5) is 16.2 Å². The van der Waals surface area contributed by atoms with Crippen LogP contribution >= 0.6 is 0 Å². The highest BCUT2D eigenvalue weighted by molar-refractivity contribution is 5.89. The molecule has 1 aliphatic rings. The smallest absolute Gasteiger partial charge is 0.321 e. The molecule has 1 fully saturated rings. The summed E-state index contributed by atoms with van der Waals surface area (Å²) in [7, 11) is 0. The van der Waals surface area contributed by atoms with Gasteiger partial charge in [-0.2, -0.15) is 5.10 Å². The van der Waals surface area contributed by atoms with Crippen LogP contribution in [0.15, 0.2) is 30.3 Å². The van der Waals surface area contributed by atoms with E-state index in [1.54, 1.807) is 0 Å². The van der Waals surface area contributed by atoms with Crippen LogP contribution in [-0.4, -0.2) is 47.3 Å². The Labute approximate surface area is 130 Å². The fourth-order valence-electron chi connectivity index (χ4n) is 2.87. The van der Waals surface area contributed by atoms with Crippen molar-refractivity contribution in [3.05, 3.63) is 41.7 Å². The number of anilines is 2. The van der Waals surface area contributed by atoms with Gasteiger partial charge in [0.15, 0.2) is 0 Å². The Balaban J connectivity index is 1.59. The first-order valence-electron chi connectivity index (χ1n) is 7.52. The highest BCUT2D eigenvalue weighted by Gasteiger charge is 2.24. The summed E-state index contributed by atoms with van der Waals surface area (Å²) in [5.74, 6) is 0. The molecule has 1 aromatic heterocycles. The molecule has 3 rings (SSSR count). The molecule has 22 heavy (non-hydrogen) atoms. The number of aromatic amines is 1. The van der Waals surface area contributed by atoms with Gasteiger partial charge in [-0.15, -0.1) is 0 Å². The lowest BCUT2D eigenvalue weighted by atomic mass is 10.2. The van der Waals surface area contributed by atoms with Crippen molar-refractivity contribution < 1.29 is 4.79 Å². The normalized spacial score (nSPS) is 15.0. The first-order valence-corrected chi connectivity index (χ1v) is 7.52. The van der Waals surface area contributed by atoms with Crippen LogP contribution in [-0.2, 0) is 0 Å². The van der Waals surface area contributed by atoms with E-state index in [9.17, 15) is 4.79 Å². The van der Waals surface area contributed by atoms with Gasteiger partial charge >= 0.3 is 6.03 Å². The topological polar surface area (TPSA) is 64.3 Å². The molecule has 2 amide bonds. The molecule has 0 unspecified atom stereocenters. The van der Waals surface area contributed by atoms with Crippen LogP contribution in [0.3, 0.4) is 0 Å². The average molecular weight is 299 g/mol. The van der Waals surface area contributed by atoms with Gasteiger partial charge in [-0.25, -0.2) is 4.79 Å². The predicted molar refractivity (Wildman–Crippen MR) is 87.3 cm³/mol. The van der Waals surface area contributed by atoms with E-state index in [-0.39, 0.29) is 6.03 Å². The number of amides is 2. The lowest BCUT2D eigenvalue weighted by molar-refractivity contribution is 0.208. The Morgan fingerprint density at radius 2 is 1.82 bits per heavy atom. The van der Waals surface area contributed by atoms with Crippen LogP contribution in [0.2, 0.25) is 0 Å². The maximum absolute atomic E-state index is 12.3. The lowest BCUT2D eigenvalue weighted by Crippen LogP contribution is -2.50. The molecule has 2 aromatic rings. The Morgan fingerprint density at radius 1 is 1.14 bits per heavy atom. The van der Waals surface area contributed by atoms with E-state index in [2.05, 4.69) is 20.4 Å². The SMILES string of the molecule is Cc1n[nH]c(C)c1N1CCN(C(=O)Nc2ccccc2)CC1. The molecule has 2 N–H and O–H groups in total. The summed E-state index contributed by atoms with van der Waals surface area (Å²) in [6, 6.07) is 9.52. The minimum atomic E-state index is -0.0357. The van der Waals surface area contributed by atoms with Gasteiger partial charge in [-0.05, 0) is 26.0 Å². The van der Waals surface area contributed by atoms with Gasteiger partial charge in [-0.3, -0.25) is 5.10 Å². The summed E-state index contributed by atoms with van der Waals surface area (Å²) >= 11 is 0. The zero-order valence-corrected chi connectivity index (χ0v) is 13.0. The Bertz CT molecular complexity index is 624. The van der Waals surface area contributed by atoms with E-state index >= 15 is 0 Å². The van der Waals surface area contributed by atoms with Crippen LogP contribution in [0.5, 0.6) is 0 Å². The number of carbonyl (C=O) groups is 1. The van der Waals surface area contributed by atoms with Crippen molar-refractivity contribution in [2.45, 2.75) is 13.8 Å². The Morgan fingerprint density at radius 3 is 2.41 bits per heavy atom. The maximum atomic E-state index is 12.3. The van der Waals surface area contributed by atoms with E-state index in [1.807, 2.05) is 49.1 Å². The minimum Gasteiger partial charge on any atom is -0.365 e. The van der Waals surface area contributed by atoms with Crippen molar-refractivity contribution in [3.8, 4) is 0 Å². The Hall–Kier alpha value is -2.50. The second-order valence-electron chi connectivity index (χ2n) is 5.55. The number of para-hydroxylation sites is 1. The molecular formula is C16H21N5O. The number of hydrogen-bond acceptors (Lipinski definition) is 3. The Kier molecular flexibility index (Phi) is 4.00. The third-order valence-electron chi connectivity index (χ3n) is 4.00. The van der Waals surface area contributed by atoms with Crippen molar-refractivity contribution in [2.24, 2.45) is 0 Å². The molecule has 0 radical (unpaired) electrons. The molecule has 116 valence electrons. The van der Waals surface area contributed by atoms with Gasteiger partial charge in [0.05, 0.1) is 17.1 Å². The fourth-order valence-corrected chi connectivity index (χ4v) is 2.87. The third-order valence-corrected chi connectivity index (χ3v) is 4.00. The van der Waals surface area contributed by atoms with Crippen molar-refractivity contribution in [3.63, 3.8) is 0 Å². The summed E-state index contributed by atoms with van der Waals surface area (Å²) in [5.41, 5.74) is 4.10. The monoisotopic (exact) mass is 299 g/mol. The van der Waals surface area contributed by atoms with Gasteiger partial charge in [0.1, 0.15) is 0 Å². The lowest BCUT2D eigenvalue weighted by Gasteiger charge is -2.36. The van der Waals surface area contributed by atoms with Crippen molar-refractivity contribution in [1.82, 2.24) is 15.1 Å².